The van der Waals surface area contributed by atoms with E-state index in [2.05, 4.69) is 58.3 Å². The molecule has 3 aliphatic rings. The standard InChI is InChI=1S/C33H31FN2O3/c34-30-12-4-3-11-29(30)33(24-7-5-8-25(21-24)36-15-6-18-38-23-36)14-13-28-26-9-1-2-10-27(26)31(22-32(28)39-33)35-16-19-37-20-17-35/h1-5,7-14,21-22H,6,15-20,23H2. The summed E-state index contributed by atoms with van der Waals surface area (Å²) in [6.45, 7) is 5.26. The minimum absolute atomic E-state index is 0.300. The highest BCUT2D eigenvalue weighted by molar-refractivity contribution is 6.02. The second-order valence-corrected chi connectivity index (χ2v) is 10.3. The van der Waals surface area contributed by atoms with Crippen molar-refractivity contribution in [2.75, 3.05) is 56.0 Å². The Kier molecular flexibility index (Phi) is 6.22. The second-order valence-electron chi connectivity index (χ2n) is 10.3. The maximum absolute atomic E-state index is 15.6. The van der Waals surface area contributed by atoms with Crippen molar-refractivity contribution in [1.29, 1.82) is 0 Å². The summed E-state index contributed by atoms with van der Waals surface area (Å²) in [6.07, 6.45) is 5.09. The van der Waals surface area contributed by atoms with Crippen molar-refractivity contribution >= 4 is 28.2 Å². The Hall–Kier alpha value is -3.87. The zero-order valence-electron chi connectivity index (χ0n) is 21.8. The molecule has 0 aliphatic carbocycles. The molecule has 0 spiro atoms. The van der Waals surface area contributed by atoms with E-state index in [0.717, 1.165) is 66.3 Å². The zero-order chi connectivity index (χ0) is 26.2. The predicted octanol–water partition coefficient (Wildman–Crippen LogP) is 6.35. The first-order valence-electron chi connectivity index (χ1n) is 13.7. The molecule has 4 aromatic rings. The van der Waals surface area contributed by atoms with E-state index in [1.807, 2.05) is 30.3 Å². The van der Waals surface area contributed by atoms with Crippen LogP contribution in [0.1, 0.15) is 23.1 Å². The number of hydrogen-bond acceptors (Lipinski definition) is 5. The highest BCUT2D eigenvalue weighted by Gasteiger charge is 2.40. The van der Waals surface area contributed by atoms with Crippen LogP contribution in [0, 0.1) is 5.82 Å². The first-order valence-corrected chi connectivity index (χ1v) is 13.7. The molecule has 1 unspecified atom stereocenters. The number of benzene rings is 4. The minimum atomic E-state index is -1.13. The molecule has 0 saturated carbocycles. The number of hydrogen-bond donors (Lipinski definition) is 0. The Morgan fingerprint density at radius 3 is 2.38 bits per heavy atom. The number of nitrogens with zero attached hydrogens (tertiary/aromatic N) is 2. The van der Waals surface area contributed by atoms with Crippen LogP contribution in [0.2, 0.25) is 0 Å². The fourth-order valence-electron chi connectivity index (χ4n) is 6.04. The Balaban J connectivity index is 1.40. The van der Waals surface area contributed by atoms with Crippen LogP contribution < -0.4 is 14.5 Å². The Morgan fingerprint density at radius 1 is 0.744 bits per heavy atom. The molecule has 2 fully saturated rings. The van der Waals surface area contributed by atoms with E-state index in [0.29, 0.717) is 25.5 Å². The van der Waals surface area contributed by atoms with E-state index in [1.165, 1.54) is 11.5 Å². The second kappa shape index (κ2) is 10.0. The number of morpholine rings is 1. The van der Waals surface area contributed by atoms with E-state index in [-0.39, 0.29) is 5.82 Å². The molecule has 3 heterocycles. The summed E-state index contributed by atoms with van der Waals surface area (Å²) in [6, 6.07) is 25.7. The summed E-state index contributed by atoms with van der Waals surface area (Å²) in [5, 5.41) is 2.30. The smallest absolute Gasteiger partial charge is 0.181 e. The average Bonchev–Trinajstić information content (AvgIpc) is 3.01. The lowest BCUT2D eigenvalue weighted by Crippen LogP contribution is -2.37. The van der Waals surface area contributed by atoms with Crippen molar-refractivity contribution in [3.63, 3.8) is 0 Å². The van der Waals surface area contributed by atoms with Gasteiger partial charge in [0.05, 0.1) is 19.8 Å². The van der Waals surface area contributed by atoms with Crippen LogP contribution in [0.25, 0.3) is 16.8 Å². The minimum Gasteiger partial charge on any atom is -0.473 e. The monoisotopic (exact) mass is 522 g/mol. The zero-order valence-corrected chi connectivity index (χ0v) is 21.8. The van der Waals surface area contributed by atoms with Crippen LogP contribution in [0.15, 0.2) is 84.9 Å². The molecule has 2 saturated heterocycles. The molecule has 6 heteroatoms. The summed E-state index contributed by atoms with van der Waals surface area (Å²) < 4.78 is 34.0. The average molecular weight is 523 g/mol. The molecule has 0 bridgehead atoms. The Labute approximate surface area is 228 Å². The van der Waals surface area contributed by atoms with Crippen LogP contribution in [-0.4, -0.2) is 46.2 Å². The van der Waals surface area contributed by atoms with Crippen molar-refractivity contribution in [2.45, 2.75) is 12.0 Å². The van der Waals surface area contributed by atoms with Gasteiger partial charge in [-0.2, -0.15) is 0 Å². The molecule has 198 valence electrons. The summed E-state index contributed by atoms with van der Waals surface area (Å²) in [5.41, 5.74) is 3.40. The Morgan fingerprint density at radius 2 is 1.56 bits per heavy atom. The number of halogens is 1. The van der Waals surface area contributed by atoms with Crippen LogP contribution in [0.4, 0.5) is 15.8 Å². The van der Waals surface area contributed by atoms with E-state index in [1.54, 1.807) is 6.07 Å². The molecule has 4 aromatic carbocycles. The third-order valence-electron chi connectivity index (χ3n) is 8.01. The number of ether oxygens (including phenoxy) is 3. The van der Waals surface area contributed by atoms with Gasteiger partial charge < -0.3 is 24.0 Å². The van der Waals surface area contributed by atoms with Crippen molar-refractivity contribution in [3.05, 3.63) is 107 Å². The molecule has 0 aromatic heterocycles. The van der Waals surface area contributed by atoms with Gasteiger partial charge in [0.25, 0.3) is 0 Å². The first-order chi connectivity index (χ1) is 19.2. The first kappa shape index (κ1) is 24.2. The van der Waals surface area contributed by atoms with Gasteiger partial charge in [-0.05, 0) is 42.2 Å². The van der Waals surface area contributed by atoms with Gasteiger partial charge in [-0.1, -0.05) is 54.6 Å². The molecule has 0 N–H and O–H groups in total. The fourth-order valence-corrected chi connectivity index (χ4v) is 6.04. The third kappa shape index (κ3) is 4.24. The van der Waals surface area contributed by atoms with Gasteiger partial charge in [-0.15, -0.1) is 0 Å². The van der Waals surface area contributed by atoms with E-state index in [4.69, 9.17) is 14.2 Å². The lowest BCUT2D eigenvalue weighted by Gasteiger charge is -2.38. The number of rotatable bonds is 4. The molecule has 1 atom stereocenters. The SMILES string of the molecule is Fc1ccccc1C1(c2cccc(N3CCCOC3)c2)C=Cc2c(cc(N3CCOCC3)c3ccccc23)O1. The summed E-state index contributed by atoms with van der Waals surface area (Å²) in [4.78, 5) is 4.57. The predicted molar refractivity (Wildman–Crippen MR) is 153 cm³/mol. The van der Waals surface area contributed by atoms with Crippen LogP contribution in [-0.2, 0) is 15.1 Å². The lowest BCUT2D eigenvalue weighted by atomic mass is 9.82. The molecular formula is C33H31FN2O3. The van der Waals surface area contributed by atoms with Gasteiger partial charge in [0, 0.05) is 59.2 Å². The van der Waals surface area contributed by atoms with Gasteiger partial charge in [-0.25, -0.2) is 4.39 Å². The van der Waals surface area contributed by atoms with Crippen molar-refractivity contribution in [3.8, 4) is 5.75 Å². The fraction of sp³-hybridized carbons (Fsp3) is 0.273. The molecule has 3 aliphatic heterocycles. The van der Waals surface area contributed by atoms with Gasteiger partial charge in [0.15, 0.2) is 5.60 Å². The summed E-state index contributed by atoms with van der Waals surface area (Å²) in [7, 11) is 0. The van der Waals surface area contributed by atoms with Crippen molar-refractivity contribution in [1.82, 2.24) is 0 Å². The van der Waals surface area contributed by atoms with Crippen molar-refractivity contribution < 1.29 is 18.6 Å². The largest absolute Gasteiger partial charge is 0.473 e. The van der Waals surface area contributed by atoms with Gasteiger partial charge >= 0.3 is 0 Å². The topological polar surface area (TPSA) is 34.2 Å². The molecule has 39 heavy (non-hydrogen) atoms. The van der Waals surface area contributed by atoms with Crippen LogP contribution >= 0.6 is 0 Å². The van der Waals surface area contributed by atoms with Crippen molar-refractivity contribution in [2.24, 2.45) is 0 Å². The van der Waals surface area contributed by atoms with Crippen LogP contribution in [0.3, 0.4) is 0 Å². The molecule has 0 radical (unpaired) electrons. The normalized spacial score (nSPS) is 21.1. The highest BCUT2D eigenvalue weighted by atomic mass is 19.1. The number of anilines is 2. The maximum Gasteiger partial charge on any atom is 0.181 e. The van der Waals surface area contributed by atoms with Gasteiger partial charge in [-0.3, -0.25) is 0 Å². The van der Waals surface area contributed by atoms with E-state index in [9.17, 15) is 0 Å². The molecular weight excluding hydrogens is 491 g/mol. The molecule has 7 rings (SSSR count). The van der Waals surface area contributed by atoms with E-state index < -0.39 is 5.60 Å². The summed E-state index contributed by atoms with van der Waals surface area (Å²) in [5.74, 6) is 0.444. The lowest BCUT2D eigenvalue weighted by molar-refractivity contribution is 0.107. The molecule has 0 amide bonds. The molecule has 5 nitrogen and oxygen atoms in total. The van der Waals surface area contributed by atoms with E-state index >= 15 is 4.39 Å². The van der Waals surface area contributed by atoms with Gasteiger partial charge in [0.1, 0.15) is 18.3 Å². The highest BCUT2D eigenvalue weighted by Crippen LogP contribution is 2.47. The van der Waals surface area contributed by atoms with Crippen LogP contribution in [0.5, 0.6) is 5.75 Å². The van der Waals surface area contributed by atoms with Gasteiger partial charge in [0.2, 0.25) is 0 Å². The Bertz CT molecular complexity index is 1540. The maximum atomic E-state index is 15.6. The summed E-state index contributed by atoms with van der Waals surface area (Å²) >= 11 is 0. The third-order valence-corrected chi connectivity index (χ3v) is 8.01. The number of fused-ring (bicyclic) bond motifs is 3. The quantitative estimate of drug-likeness (QED) is 0.312.